The van der Waals surface area contributed by atoms with Gasteiger partial charge in [-0.2, -0.15) is 0 Å². The van der Waals surface area contributed by atoms with E-state index in [1.54, 1.807) is 30.6 Å². The Morgan fingerprint density at radius 2 is 1.38 bits per heavy atom. The summed E-state index contributed by atoms with van der Waals surface area (Å²) < 4.78 is 10.5. The van der Waals surface area contributed by atoms with Gasteiger partial charge in [0, 0.05) is 69.2 Å². The first kappa shape index (κ1) is 30.7. The van der Waals surface area contributed by atoms with Crippen molar-refractivity contribution < 1.29 is 19.1 Å². The average Bonchev–Trinajstić information content (AvgIpc) is 3.05. The Balaban J connectivity index is 0.000000223. The molecule has 6 rings (SSSR count). The summed E-state index contributed by atoms with van der Waals surface area (Å²) in [6.45, 7) is 5.57. The Bertz CT molecular complexity index is 2000. The first-order valence-electron chi connectivity index (χ1n) is 14.2. The molecule has 0 radical (unpaired) electrons. The summed E-state index contributed by atoms with van der Waals surface area (Å²) in [4.78, 5) is 41.1. The lowest BCUT2D eigenvalue weighted by Crippen LogP contribution is -2.14. The number of hydrogen-bond donors (Lipinski definition) is 2. The van der Waals surface area contributed by atoms with Crippen LogP contribution >= 0.6 is 0 Å². The van der Waals surface area contributed by atoms with E-state index in [4.69, 9.17) is 14.3 Å². The van der Waals surface area contributed by atoms with Gasteiger partial charge in [0.15, 0.2) is 11.6 Å². The van der Waals surface area contributed by atoms with Gasteiger partial charge in [-0.3, -0.25) is 5.32 Å². The van der Waals surface area contributed by atoms with Gasteiger partial charge in [-0.25, -0.2) is 29.5 Å². The molecular weight excluding hydrogens is 570 g/mol. The van der Waals surface area contributed by atoms with Gasteiger partial charge in [0.05, 0.1) is 6.61 Å². The van der Waals surface area contributed by atoms with Crippen LogP contribution in [-0.2, 0) is 18.0 Å². The van der Waals surface area contributed by atoms with Gasteiger partial charge >= 0.3 is 11.7 Å². The molecule has 0 saturated carbocycles. The van der Waals surface area contributed by atoms with Gasteiger partial charge < -0.3 is 14.3 Å². The van der Waals surface area contributed by atoms with Crippen molar-refractivity contribution >= 4 is 22.7 Å². The lowest BCUT2D eigenvalue weighted by atomic mass is 10.1. The van der Waals surface area contributed by atoms with Crippen molar-refractivity contribution in [2.75, 3.05) is 5.32 Å². The molecule has 0 fully saturated rings. The van der Waals surface area contributed by atoms with E-state index < -0.39 is 11.7 Å². The number of fused-ring (bicyclic) bond motifs is 1. The van der Waals surface area contributed by atoms with Crippen LogP contribution in [0.5, 0.6) is 0 Å². The van der Waals surface area contributed by atoms with Crippen molar-refractivity contribution in [1.29, 1.82) is 0 Å². The van der Waals surface area contributed by atoms with Crippen LogP contribution in [-0.4, -0.2) is 31.1 Å². The predicted molar refractivity (Wildman–Crippen MR) is 171 cm³/mol. The number of rotatable bonds is 6. The minimum absolute atomic E-state index is 0.0130. The normalized spacial score (nSPS) is 10.6. The van der Waals surface area contributed by atoms with E-state index in [9.17, 15) is 9.59 Å². The molecule has 0 unspecified atom stereocenters. The number of carbonyl (C=O) groups excluding carboxylic acids is 1. The number of carbonyl (C=O) groups is 1. The Morgan fingerprint density at radius 3 is 1.93 bits per heavy atom. The number of aliphatic hydroxyl groups is 1. The minimum atomic E-state index is -0.629. The lowest BCUT2D eigenvalue weighted by Gasteiger charge is -2.10. The fourth-order valence-electron chi connectivity index (χ4n) is 4.43. The van der Waals surface area contributed by atoms with Gasteiger partial charge in [-0.15, -0.1) is 0 Å². The van der Waals surface area contributed by atoms with Crippen LogP contribution in [0.2, 0.25) is 0 Å². The fourth-order valence-corrected chi connectivity index (χ4v) is 4.43. The zero-order chi connectivity index (χ0) is 31.8. The smallest absolute Gasteiger partial charge is 0.411 e. The number of anilines is 1. The molecule has 226 valence electrons. The standard InChI is InChI=1S/C23H19N3O4.C12H12N2O/c1-14-10-21(27)30-20-11-18(8-9-19(14)20)26-23(28)29-13-17-12-24-22(25-15(17)2)16-6-4-3-5-7-16;1-9-11(8-15)7-13-12(14-9)10-5-3-2-4-6-10/h3-12H,13H2,1-2H3,(H,26,28);2-7,15H,8H2,1H3. The maximum atomic E-state index is 12.2. The molecule has 0 bridgehead atoms. The van der Waals surface area contributed by atoms with Crippen molar-refractivity contribution in [3.8, 4) is 22.8 Å². The van der Waals surface area contributed by atoms with Crippen LogP contribution in [0.15, 0.2) is 107 Å². The number of aryl methyl sites for hydroxylation is 3. The van der Waals surface area contributed by atoms with Crippen LogP contribution in [0.25, 0.3) is 33.7 Å². The largest absolute Gasteiger partial charge is 0.444 e. The SMILES string of the molecule is Cc1nc(-c2ccccc2)ncc1CO.Cc1nc(-c2ccccc2)ncc1COC(=O)Nc1ccc2c(C)cc(=O)oc2c1. The topological polar surface area (TPSA) is 140 Å². The Hall–Kier alpha value is -5.74. The van der Waals surface area contributed by atoms with Crippen LogP contribution in [0.3, 0.4) is 0 Å². The molecule has 10 heteroatoms. The second kappa shape index (κ2) is 14.2. The van der Waals surface area contributed by atoms with E-state index in [2.05, 4.69) is 25.3 Å². The molecule has 2 N–H and O–H groups in total. The Morgan fingerprint density at radius 1 is 0.800 bits per heavy atom. The van der Waals surface area contributed by atoms with Gasteiger partial charge in [0.2, 0.25) is 0 Å². The summed E-state index contributed by atoms with van der Waals surface area (Å²) >= 11 is 0. The monoisotopic (exact) mass is 601 g/mol. The van der Waals surface area contributed by atoms with Crippen LogP contribution in [0.4, 0.5) is 10.5 Å². The molecule has 6 aromatic rings. The molecule has 10 nitrogen and oxygen atoms in total. The fraction of sp³-hybridized carbons (Fsp3) is 0.143. The zero-order valence-electron chi connectivity index (χ0n) is 25.0. The third-order valence-electron chi connectivity index (χ3n) is 6.95. The molecule has 0 atom stereocenters. The van der Waals surface area contributed by atoms with Crippen molar-refractivity contribution in [2.45, 2.75) is 34.0 Å². The van der Waals surface area contributed by atoms with Crippen LogP contribution in [0, 0.1) is 20.8 Å². The molecule has 3 aromatic heterocycles. The molecule has 1 amide bonds. The highest BCUT2D eigenvalue weighted by atomic mass is 16.5. The maximum Gasteiger partial charge on any atom is 0.411 e. The van der Waals surface area contributed by atoms with Crippen molar-refractivity contribution in [3.63, 3.8) is 0 Å². The van der Waals surface area contributed by atoms with E-state index in [0.29, 0.717) is 28.5 Å². The van der Waals surface area contributed by atoms with Crippen LogP contribution in [0.1, 0.15) is 28.1 Å². The minimum Gasteiger partial charge on any atom is -0.444 e. The van der Waals surface area contributed by atoms with E-state index in [-0.39, 0.29) is 13.2 Å². The second-order valence-electron chi connectivity index (χ2n) is 10.2. The molecule has 45 heavy (non-hydrogen) atoms. The first-order valence-corrected chi connectivity index (χ1v) is 14.2. The molecule has 3 aromatic carbocycles. The predicted octanol–water partition coefficient (Wildman–Crippen LogP) is 6.56. The molecule has 3 heterocycles. The number of aromatic nitrogens is 4. The third-order valence-corrected chi connectivity index (χ3v) is 6.95. The summed E-state index contributed by atoms with van der Waals surface area (Å²) in [5.74, 6) is 1.32. The summed E-state index contributed by atoms with van der Waals surface area (Å²) in [5.41, 5.74) is 6.20. The Kier molecular flexibility index (Phi) is 9.66. The lowest BCUT2D eigenvalue weighted by molar-refractivity contribution is 0.154. The number of nitrogens with zero attached hydrogens (tertiary/aromatic N) is 4. The Labute approximate surface area is 259 Å². The molecule has 0 aliphatic heterocycles. The summed E-state index contributed by atoms with van der Waals surface area (Å²) in [5, 5.41) is 12.4. The molecule has 0 aliphatic rings. The molecule has 0 aliphatic carbocycles. The van der Waals surface area contributed by atoms with Gasteiger partial charge in [-0.1, -0.05) is 60.7 Å². The van der Waals surface area contributed by atoms with Gasteiger partial charge in [0.25, 0.3) is 0 Å². The number of aliphatic hydroxyl groups excluding tert-OH is 1. The van der Waals surface area contributed by atoms with Crippen LogP contribution < -0.4 is 10.9 Å². The van der Waals surface area contributed by atoms with Crippen molar-refractivity contribution in [1.82, 2.24) is 19.9 Å². The number of nitrogens with one attached hydrogen (secondary N) is 1. The molecule has 0 spiro atoms. The number of benzene rings is 3. The number of ether oxygens (including phenoxy) is 1. The highest BCUT2D eigenvalue weighted by Crippen LogP contribution is 2.21. The van der Waals surface area contributed by atoms with Crippen molar-refractivity contribution in [2.24, 2.45) is 0 Å². The highest BCUT2D eigenvalue weighted by molar-refractivity contribution is 5.89. The van der Waals surface area contributed by atoms with E-state index in [1.807, 2.05) is 81.4 Å². The van der Waals surface area contributed by atoms with E-state index in [1.165, 1.54) is 6.07 Å². The van der Waals surface area contributed by atoms with Gasteiger partial charge in [0.1, 0.15) is 12.2 Å². The third kappa shape index (κ3) is 7.81. The van der Waals surface area contributed by atoms with E-state index >= 15 is 0 Å². The molecule has 0 saturated heterocycles. The van der Waals surface area contributed by atoms with E-state index in [0.717, 1.165) is 39.0 Å². The average molecular weight is 602 g/mol. The maximum absolute atomic E-state index is 12.2. The summed E-state index contributed by atoms with van der Waals surface area (Å²) in [7, 11) is 0. The first-order chi connectivity index (χ1) is 21.8. The quantitative estimate of drug-likeness (QED) is 0.203. The van der Waals surface area contributed by atoms with Crippen molar-refractivity contribution in [3.05, 3.63) is 136 Å². The van der Waals surface area contributed by atoms with Gasteiger partial charge in [-0.05, 0) is 38.5 Å². The number of hydrogen-bond acceptors (Lipinski definition) is 9. The zero-order valence-corrected chi connectivity index (χ0v) is 25.0. The number of amides is 1. The summed E-state index contributed by atoms with van der Waals surface area (Å²) in [6.07, 6.45) is 2.70. The summed E-state index contributed by atoms with van der Waals surface area (Å²) in [6, 6.07) is 26.0. The molecular formula is C35H31N5O5. The second-order valence-corrected chi connectivity index (χ2v) is 10.2. The highest BCUT2D eigenvalue weighted by Gasteiger charge is 2.10.